The highest BCUT2D eigenvalue weighted by Gasteiger charge is 2.22. The third-order valence-corrected chi connectivity index (χ3v) is 5.70. The van der Waals surface area contributed by atoms with Gasteiger partial charge in [0.15, 0.2) is 5.58 Å². The lowest BCUT2D eigenvalue weighted by atomic mass is 9.94. The van der Waals surface area contributed by atoms with Gasteiger partial charge in [0.1, 0.15) is 11.5 Å². The summed E-state index contributed by atoms with van der Waals surface area (Å²) in [5, 5.41) is 15.1. The SMILES string of the molecule is Cl.N[C@@H](Cc1cccc(N2CC[C@H](O)C2)n1)c1ccccc1-c1noc2ccccc12. The van der Waals surface area contributed by atoms with Crippen LogP contribution in [0.25, 0.3) is 22.2 Å². The third-order valence-electron chi connectivity index (χ3n) is 5.70. The molecule has 2 aromatic heterocycles. The predicted molar refractivity (Wildman–Crippen MR) is 124 cm³/mol. The van der Waals surface area contributed by atoms with E-state index < -0.39 is 0 Å². The first-order valence-corrected chi connectivity index (χ1v) is 10.3. The number of hydrogen-bond acceptors (Lipinski definition) is 6. The fraction of sp³-hybridized carbons (Fsp3) is 0.250. The minimum absolute atomic E-state index is 0. The van der Waals surface area contributed by atoms with Crippen molar-refractivity contribution in [2.45, 2.75) is 25.0 Å². The number of halogens is 1. The van der Waals surface area contributed by atoms with Gasteiger partial charge in [-0.2, -0.15) is 0 Å². The lowest BCUT2D eigenvalue weighted by Gasteiger charge is -2.19. The zero-order valence-electron chi connectivity index (χ0n) is 17.0. The molecule has 3 heterocycles. The fourth-order valence-corrected chi connectivity index (χ4v) is 4.16. The summed E-state index contributed by atoms with van der Waals surface area (Å²) >= 11 is 0. The van der Waals surface area contributed by atoms with Crippen molar-refractivity contribution in [3.8, 4) is 11.3 Å². The molecule has 1 aliphatic rings. The number of β-amino-alcohol motifs (C(OH)–C–C–N with tert-alkyl or cyclic N) is 1. The number of fused-ring (bicyclic) bond motifs is 1. The smallest absolute Gasteiger partial charge is 0.167 e. The maximum Gasteiger partial charge on any atom is 0.167 e. The van der Waals surface area contributed by atoms with Gasteiger partial charge in [-0.25, -0.2) is 4.98 Å². The van der Waals surface area contributed by atoms with Crippen molar-refractivity contribution >= 4 is 29.2 Å². The Morgan fingerprint density at radius 1 is 1.06 bits per heavy atom. The molecule has 5 rings (SSSR count). The minimum atomic E-state index is -0.276. The summed E-state index contributed by atoms with van der Waals surface area (Å²) in [6.45, 7) is 1.45. The van der Waals surface area contributed by atoms with Crippen LogP contribution in [0.1, 0.15) is 23.7 Å². The van der Waals surface area contributed by atoms with Crippen LogP contribution < -0.4 is 10.6 Å². The second-order valence-corrected chi connectivity index (χ2v) is 7.80. The van der Waals surface area contributed by atoms with E-state index in [1.54, 1.807) is 0 Å². The largest absolute Gasteiger partial charge is 0.391 e. The summed E-state index contributed by atoms with van der Waals surface area (Å²) in [5.74, 6) is 0.895. The molecule has 6 nitrogen and oxygen atoms in total. The summed E-state index contributed by atoms with van der Waals surface area (Å²) in [7, 11) is 0. The van der Waals surface area contributed by atoms with Gasteiger partial charge < -0.3 is 20.3 Å². The average Bonchev–Trinajstić information content (AvgIpc) is 3.40. The summed E-state index contributed by atoms with van der Waals surface area (Å²) in [6.07, 6.45) is 1.11. The topological polar surface area (TPSA) is 88.4 Å². The molecule has 2 atom stereocenters. The molecule has 1 fully saturated rings. The Balaban J connectivity index is 0.00000231. The molecule has 3 N–H and O–H groups in total. The number of para-hydroxylation sites is 1. The molecule has 0 amide bonds. The van der Waals surface area contributed by atoms with E-state index in [9.17, 15) is 5.11 Å². The van der Waals surface area contributed by atoms with Crippen LogP contribution in [0.3, 0.4) is 0 Å². The van der Waals surface area contributed by atoms with Gasteiger partial charge in [0.2, 0.25) is 0 Å². The van der Waals surface area contributed by atoms with Crippen LogP contribution in [0.2, 0.25) is 0 Å². The first-order chi connectivity index (χ1) is 14.7. The summed E-state index contributed by atoms with van der Waals surface area (Å²) < 4.78 is 5.51. The molecule has 160 valence electrons. The van der Waals surface area contributed by atoms with E-state index in [2.05, 4.69) is 10.1 Å². The number of benzene rings is 2. The fourth-order valence-electron chi connectivity index (χ4n) is 4.16. The zero-order valence-corrected chi connectivity index (χ0v) is 17.8. The molecule has 4 aromatic rings. The van der Waals surface area contributed by atoms with Crippen LogP contribution in [0.5, 0.6) is 0 Å². The van der Waals surface area contributed by atoms with Crippen molar-refractivity contribution < 1.29 is 9.63 Å². The first-order valence-electron chi connectivity index (χ1n) is 10.3. The second kappa shape index (κ2) is 9.06. The lowest BCUT2D eigenvalue weighted by molar-refractivity contribution is 0.198. The van der Waals surface area contributed by atoms with Gasteiger partial charge in [-0.05, 0) is 36.2 Å². The molecule has 0 unspecified atom stereocenters. The number of aliphatic hydroxyl groups is 1. The van der Waals surface area contributed by atoms with Gasteiger partial charge in [0, 0.05) is 42.2 Å². The van der Waals surface area contributed by atoms with E-state index in [4.69, 9.17) is 15.2 Å². The molecule has 0 radical (unpaired) electrons. The lowest BCUT2D eigenvalue weighted by Crippen LogP contribution is -2.23. The molecule has 31 heavy (non-hydrogen) atoms. The Bertz CT molecular complexity index is 1180. The van der Waals surface area contributed by atoms with Gasteiger partial charge in [0.25, 0.3) is 0 Å². The Kier molecular flexibility index (Phi) is 6.23. The summed E-state index contributed by atoms with van der Waals surface area (Å²) in [6, 6.07) is 21.7. The van der Waals surface area contributed by atoms with Gasteiger partial charge in [0.05, 0.1) is 6.10 Å². The second-order valence-electron chi connectivity index (χ2n) is 7.80. The maximum atomic E-state index is 9.82. The number of aromatic nitrogens is 2. The van der Waals surface area contributed by atoms with Gasteiger partial charge in [-0.1, -0.05) is 47.6 Å². The highest BCUT2D eigenvalue weighted by molar-refractivity contribution is 5.92. The molecule has 7 heteroatoms. The molecular formula is C24H25ClN4O2. The van der Waals surface area contributed by atoms with E-state index >= 15 is 0 Å². The minimum Gasteiger partial charge on any atom is -0.391 e. The Hall–Kier alpha value is -2.93. The Morgan fingerprint density at radius 3 is 2.71 bits per heavy atom. The van der Waals surface area contributed by atoms with Crippen molar-refractivity contribution in [3.05, 3.63) is 78.0 Å². The highest BCUT2D eigenvalue weighted by atomic mass is 35.5. The molecule has 1 saturated heterocycles. The Morgan fingerprint density at radius 2 is 1.87 bits per heavy atom. The number of nitrogens with two attached hydrogens (primary N) is 1. The van der Waals surface area contributed by atoms with E-state index in [0.717, 1.165) is 52.3 Å². The standard InChI is InChI=1S/C24H24N4O2.ClH/c25-21(14-16-6-5-11-23(26-16)28-13-12-17(29)15-28)18-7-1-2-8-19(18)24-20-9-3-4-10-22(20)30-27-24;/h1-11,17,21,29H,12-15,25H2;1H/t17-,21-;/m0./s1. The van der Waals surface area contributed by atoms with Crippen LogP contribution in [0, 0.1) is 0 Å². The van der Waals surface area contributed by atoms with Crippen molar-refractivity contribution in [2.24, 2.45) is 5.73 Å². The van der Waals surface area contributed by atoms with Gasteiger partial charge >= 0.3 is 0 Å². The normalized spacial score (nSPS) is 17.0. The molecular weight excluding hydrogens is 412 g/mol. The molecule has 0 saturated carbocycles. The zero-order chi connectivity index (χ0) is 20.5. The summed E-state index contributed by atoms with van der Waals surface area (Å²) in [5.41, 5.74) is 11.1. The predicted octanol–water partition coefficient (Wildman–Crippen LogP) is 4.13. The number of anilines is 1. The van der Waals surface area contributed by atoms with Crippen LogP contribution in [0.15, 0.2) is 71.3 Å². The van der Waals surface area contributed by atoms with Crippen LogP contribution in [0.4, 0.5) is 5.82 Å². The van der Waals surface area contributed by atoms with Crippen LogP contribution in [-0.4, -0.2) is 34.4 Å². The number of pyridine rings is 1. The van der Waals surface area contributed by atoms with Crippen molar-refractivity contribution in [2.75, 3.05) is 18.0 Å². The number of hydrogen-bond donors (Lipinski definition) is 2. The summed E-state index contributed by atoms with van der Waals surface area (Å²) in [4.78, 5) is 6.92. The van der Waals surface area contributed by atoms with Gasteiger partial charge in [-0.15, -0.1) is 12.4 Å². The van der Waals surface area contributed by atoms with E-state index in [-0.39, 0.29) is 24.6 Å². The number of nitrogens with zero attached hydrogens (tertiary/aromatic N) is 3. The van der Waals surface area contributed by atoms with E-state index in [0.29, 0.717) is 13.0 Å². The highest BCUT2D eigenvalue weighted by Crippen LogP contribution is 2.33. The van der Waals surface area contributed by atoms with Crippen molar-refractivity contribution in [3.63, 3.8) is 0 Å². The monoisotopic (exact) mass is 436 g/mol. The first kappa shape index (κ1) is 21.3. The number of rotatable bonds is 5. The maximum absolute atomic E-state index is 9.82. The average molecular weight is 437 g/mol. The molecule has 2 aromatic carbocycles. The molecule has 0 aliphatic carbocycles. The molecule has 0 bridgehead atoms. The van der Waals surface area contributed by atoms with E-state index in [1.807, 2.05) is 66.7 Å². The van der Waals surface area contributed by atoms with Gasteiger partial charge in [-0.3, -0.25) is 0 Å². The third kappa shape index (κ3) is 4.28. The van der Waals surface area contributed by atoms with Crippen LogP contribution >= 0.6 is 12.4 Å². The Labute approximate surface area is 187 Å². The quantitative estimate of drug-likeness (QED) is 0.489. The molecule has 0 spiro atoms. The van der Waals surface area contributed by atoms with Crippen molar-refractivity contribution in [1.29, 1.82) is 0 Å². The van der Waals surface area contributed by atoms with E-state index in [1.165, 1.54) is 0 Å². The number of aliphatic hydroxyl groups excluding tert-OH is 1. The molecule has 1 aliphatic heterocycles. The van der Waals surface area contributed by atoms with Crippen molar-refractivity contribution in [1.82, 2.24) is 10.1 Å². The van der Waals surface area contributed by atoms with Crippen LogP contribution in [-0.2, 0) is 6.42 Å².